The van der Waals surface area contributed by atoms with Crippen LogP contribution in [0.25, 0.3) is 0 Å². The van der Waals surface area contributed by atoms with Gasteiger partial charge in [0.05, 0.1) is 12.2 Å². The minimum absolute atomic E-state index is 0.214. The molecular formula is C18H23N3OS. The molecule has 3 heterocycles. The quantitative estimate of drug-likeness (QED) is 0.864. The van der Waals surface area contributed by atoms with Crippen molar-refractivity contribution in [3.63, 3.8) is 0 Å². The van der Waals surface area contributed by atoms with E-state index < -0.39 is 0 Å². The maximum Gasteiger partial charge on any atom is 0.226 e. The van der Waals surface area contributed by atoms with Gasteiger partial charge in [-0.1, -0.05) is 0 Å². The highest BCUT2D eigenvalue weighted by Crippen LogP contribution is 2.50. The van der Waals surface area contributed by atoms with Crippen molar-refractivity contribution in [2.45, 2.75) is 45.1 Å². The van der Waals surface area contributed by atoms with Crippen LogP contribution in [-0.2, 0) is 4.79 Å². The first-order valence-electron chi connectivity index (χ1n) is 8.47. The summed E-state index contributed by atoms with van der Waals surface area (Å²) >= 11 is 1.84. The van der Waals surface area contributed by atoms with Crippen LogP contribution in [0.3, 0.4) is 0 Å². The molecule has 2 aromatic rings. The Kier molecular flexibility index (Phi) is 3.76. The third-order valence-electron chi connectivity index (χ3n) is 5.05. The van der Waals surface area contributed by atoms with Crippen molar-refractivity contribution in [3.05, 3.63) is 39.8 Å². The van der Waals surface area contributed by atoms with Gasteiger partial charge in [0, 0.05) is 40.9 Å². The van der Waals surface area contributed by atoms with Crippen LogP contribution in [0.15, 0.2) is 24.5 Å². The highest BCUT2D eigenvalue weighted by atomic mass is 32.1. The molecule has 5 heteroatoms. The molecule has 0 spiro atoms. The SMILES string of the molecule is Cc1cnn([C@@H]2CCCN(C(=O)[C@@H]3C[C@H]3c3ccc(C)s3)C2)c1. The standard InChI is InChI=1S/C18H23N3OS/c1-12-9-19-21(10-12)14-4-3-7-20(11-14)18(22)16-8-15(16)17-6-5-13(2)23-17/h5-6,9-10,14-16H,3-4,7-8,11H2,1-2H3/t14-,15-,16-/m1/s1. The number of hydrogen-bond donors (Lipinski definition) is 0. The van der Waals surface area contributed by atoms with Gasteiger partial charge in [0.1, 0.15) is 0 Å². The molecule has 1 saturated heterocycles. The molecule has 1 saturated carbocycles. The number of carbonyl (C=O) groups is 1. The van der Waals surface area contributed by atoms with Crippen molar-refractivity contribution in [2.75, 3.05) is 13.1 Å². The van der Waals surface area contributed by atoms with E-state index in [0.29, 0.717) is 17.9 Å². The Bertz CT molecular complexity index is 719. The Morgan fingerprint density at radius 1 is 1.35 bits per heavy atom. The van der Waals surface area contributed by atoms with E-state index in [0.717, 1.165) is 32.4 Å². The Morgan fingerprint density at radius 3 is 2.91 bits per heavy atom. The Morgan fingerprint density at radius 2 is 2.22 bits per heavy atom. The molecule has 0 unspecified atom stereocenters. The number of amides is 1. The lowest BCUT2D eigenvalue weighted by atomic mass is 10.0. The zero-order valence-electron chi connectivity index (χ0n) is 13.7. The van der Waals surface area contributed by atoms with E-state index in [1.807, 2.05) is 22.2 Å². The van der Waals surface area contributed by atoms with Crippen LogP contribution in [0.4, 0.5) is 0 Å². The van der Waals surface area contributed by atoms with Crippen LogP contribution in [0, 0.1) is 19.8 Å². The summed E-state index contributed by atoms with van der Waals surface area (Å²) in [6.07, 6.45) is 7.21. The number of nitrogens with zero attached hydrogens (tertiary/aromatic N) is 3. The molecule has 122 valence electrons. The summed E-state index contributed by atoms with van der Waals surface area (Å²) in [5.74, 6) is 1.04. The third-order valence-corrected chi connectivity index (χ3v) is 6.18. The lowest BCUT2D eigenvalue weighted by Gasteiger charge is -2.33. The average molecular weight is 329 g/mol. The smallest absolute Gasteiger partial charge is 0.226 e. The summed E-state index contributed by atoms with van der Waals surface area (Å²) in [6, 6.07) is 4.70. The van der Waals surface area contributed by atoms with Gasteiger partial charge in [0.15, 0.2) is 0 Å². The van der Waals surface area contributed by atoms with E-state index in [1.54, 1.807) is 0 Å². The maximum atomic E-state index is 12.8. The van der Waals surface area contributed by atoms with Gasteiger partial charge in [0.2, 0.25) is 5.91 Å². The second-order valence-corrected chi connectivity index (χ2v) is 8.29. The van der Waals surface area contributed by atoms with E-state index in [-0.39, 0.29) is 5.92 Å². The van der Waals surface area contributed by atoms with Crippen LogP contribution < -0.4 is 0 Å². The molecule has 4 rings (SSSR count). The monoisotopic (exact) mass is 329 g/mol. The van der Waals surface area contributed by atoms with E-state index in [4.69, 9.17) is 0 Å². The zero-order chi connectivity index (χ0) is 16.0. The first-order valence-corrected chi connectivity index (χ1v) is 9.29. The molecule has 2 fully saturated rings. The molecule has 0 N–H and O–H groups in total. The van der Waals surface area contributed by atoms with Crippen molar-refractivity contribution >= 4 is 17.2 Å². The number of thiophene rings is 1. The molecule has 23 heavy (non-hydrogen) atoms. The molecule has 1 aliphatic heterocycles. The Labute approximate surface area is 141 Å². The maximum absolute atomic E-state index is 12.8. The highest BCUT2D eigenvalue weighted by molar-refractivity contribution is 7.12. The lowest BCUT2D eigenvalue weighted by molar-refractivity contribution is -0.134. The van der Waals surface area contributed by atoms with Crippen molar-refractivity contribution in [2.24, 2.45) is 5.92 Å². The fourth-order valence-electron chi connectivity index (χ4n) is 3.67. The summed E-state index contributed by atoms with van der Waals surface area (Å²) in [7, 11) is 0. The molecule has 3 atom stereocenters. The van der Waals surface area contributed by atoms with Gasteiger partial charge >= 0.3 is 0 Å². The number of likely N-dealkylation sites (tertiary alicyclic amines) is 1. The van der Waals surface area contributed by atoms with Crippen molar-refractivity contribution < 1.29 is 4.79 Å². The van der Waals surface area contributed by atoms with E-state index >= 15 is 0 Å². The second-order valence-electron chi connectivity index (χ2n) is 6.98. The van der Waals surface area contributed by atoms with Gasteiger partial charge in [0.25, 0.3) is 0 Å². The molecular weight excluding hydrogens is 306 g/mol. The van der Waals surface area contributed by atoms with Crippen LogP contribution in [-0.4, -0.2) is 33.7 Å². The molecule has 1 aliphatic carbocycles. The number of rotatable bonds is 3. The Hall–Kier alpha value is -1.62. The molecule has 4 nitrogen and oxygen atoms in total. The van der Waals surface area contributed by atoms with Gasteiger partial charge in [-0.05, 0) is 50.8 Å². The summed E-state index contributed by atoms with van der Waals surface area (Å²) in [6.45, 7) is 5.91. The topological polar surface area (TPSA) is 38.1 Å². The largest absolute Gasteiger partial charge is 0.340 e. The van der Waals surface area contributed by atoms with Crippen molar-refractivity contribution in [1.82, 2.24) is 14.7 Å². The van der Waals surface area contributed by atoms with Crippen LogP contribution in [0.2, 0.25) is 0 Å². The fourth-order valence-corrected chi connectivity index (χ4v) is 4.73. The van der Waals surface area contributed by atoms with Gasteiger partial charge in [-0.3, -0.25) is 9.48 Å². The number of piperidine rings is 1. The van der Waals surface area contributed by atoms with Crippen LogP contribution in [0.5, 0.6) is 0 Å². The molecule has 0 radical (unpaired) electrons. The van der Waals surface area contributed by atoms with Crippen LogP contribution in [0.1, 0.15) is 46.5 Å². The Balaban J connectivity index is 1.41. The summed E-state index contributed by atoms with van der Waals surface area (Å²) in [5.41, 5.74) is 1.18. The average Bonchev–Trinajstić information content (AvgIpc) is 3.04. The predicted molar refractivity (Wildman–Crippen MR) is 91.7 cm³/mol. The van der Waals surface area contributed by atoms with Gasteiger partial charge in [-0.15, -0.1) is 11.3 Å². The van der Waals surface area contributed by atoms with Gasteiger partial charge < -0.3 is 4.90 Å². The molecule has 0 aromatic carbocycles. The van der Waals surface area contributed by atoms with Gasteiger partial charge in [-0.25, -0.2) is 0 Å². The zero-order valence-corrected chi connectivity index (χ0v) is 14.6. The van der Waals surface area contributed by atoms with Crippen molar-refractivity contribution in [1.29, 1.82) is 0 Å². The van der Waals surface area contributed by atoms with Crippen molar-refractivity contribution in [3.8, 4) is 0 Å². The number of aromatic nitrogens is 2. The minimum atomic E-state index is 0.214. The van der Waals surface area contributed by atoms with E-state index in [9.17, 15) is 4.79 Å². The first kappa shape index (κ1) is 14.9. The first-order chi connectivity index (χ1) is 11.1. The summed E-state index contributed by atoms with van der Waals surface area (Å²) < 4.78 is 2.04. The van der Waals surface area contributed by atoms with E-state index in [1.165, 1.54) is 15.3 Å². The normalized spacial score (nSPS) is 27.2. The number of aryl methyl sites for hydroxylation is 2. The highest BCUT2D eigenvalue weighted by Gasteiger charge is 2.47. The van der Waals surface area contributed by atoms with Crippen LogP contribution >= 0.6 is 11.3 Å². The molecule has 0 bridgehead atoms. The summed E-state index contributed by atoms with van der Waals surface area (Å²) in [4.78, 5) is 17.6. The molecule has 1 amide bonds. The molecule has 2 aromatic heterocycles. The number of hydrogen-bond acceptors (Lipinski definition) is 3. The van der Waals surface area contributed by atoms with Gasteiger partial charge in [-0.2, -0.15) is 5.10 Å². The number of carbonyl (C=O) groups excluding carboxylic acids is 1. The van der Waals surface area contributed by atoms with E-state index in [2.05, 4.69) is 42.2 Å². The third kappa shape index (κ3) is 2.94. The summed E-state index contributed by atoms with van der Waals surface area (Å²) in [5, 5.41) is 4.44. The minimum Gasteiger partial charge on any atom is -0.340 e. The lowest BCUT2D eigenvalue weighted by Crippen LogP contribution is -2.41. The second kappa shape index (κ2) is 5.78. The predicted octanol–water partition coefficient (Wildman–Crippen LogP) is 3.53. The molecule has 2 aliphatic rings. The fraction of sp³-hybridized carbons (Fsp3) is 0.556.